The summed E-state index contributed by atoms with van der Waals surface area (Å²) in [6, 6.07) is 7.64. The third-order valence-corrected chi connectivity index (χ3v) is 6.01. The molecule has 1 aliphatic rings. The summed E-state index contributed by atoms with van der Waals surface area (Å²) in [6.45, 7) is 8.15. The summed E-state index contributed by atoms with van der Waals surface area (Å²) in [5.74, 6) is -0.585. The zero-order chi connectivity index (χ0) is 25.3. The maximum absolute atomic E-state index is 14.9. The normalized spacial score (nSPS) is 14.4. The molecule has 1 aromatic carbocycles. The number of carbonyl (C=O) groups excluding carboxylic acids is 2. The number of pyridine rings is 1. The fourth-order valence-electron chi connectivity index (χ4n) is 4.05. The summed E-state index contributed by atoms with van der Waals surface area (Å²) >= 11 is 0. The molecule has 2 aromatic heterocycles. The molecule has 1 atom stereocenters. The first-order valence-electron chi connectivity index (χ1n) is 11.5. The Morgan fingerprint density at radius 1 is 1.23 bits per heavy atom. The third-order valence-electron chi connectivity index (χ3n) is 6.01. The summed E-state index contributed by atoms with van der Waals surface area (Å²) in [5, 5.41) is 20.1. The molecule has 4 rings (SSSR count). The molecule has 0 spiro atoms. The van der Waals surface area contributed by atoms with Crippen molar-refractivity contribution in [2.45, 2.75) is 46.7 Å². The minimum atomic E-state index is -0.639. The molecule has 3 aromatic rings. The molecule has 0 aliphatic carbocycles. The lowest BCUT2D eigenvalue weighted by atomic mass is 9.91. The van der Waals surface area contributed by atoms with Crippen molar-refractivity contribution in [1.82, 2.24) is 24.6 Å². The third kappa shape index (κ3) is 5.07. The molecule has 1 aliphatic heterocycles. The molecule has 9 nitrogen and oxygen atoms in total. The lowest BCUT2D eigenvalue weighted by Crippen LogP contribution is -2.42. The van der Waals surface area contributed by atoms with Crippen LogP contribution in [0.15, 0.2) is 36.7 Å². The van der Waals surface area contributed by atoms with Crippen molar-refractivity contribution >= 4 is 17.6 Å². The number of carbonyl (C=O) groups is 2. The lowest BCUT2D eigenvalue weighted by Gasteiger charge is -2.33. The molecule has 0 saturated carbocycles. The van der Waals surface area contributed by atoms with Crippen LogP contribution in [0.4, 0.5) is 10.2 Å². The number of amides is 2. The van der Waals surface area contributed by atoms with Crippen molar-refractivity contribution in [3.8, 4) is 11.5 Å². The Bertz CT molecular complexity index is 1270. The first kappa shape index (κ1) is 24.5. The number of fused-ring (bicyclic) bond motifs is 1. The van der Waals surface area contributed by atoms with Crippen LogP contribution in [-0.4, -0.2) is 54.7 Å². The Morgan fingerprint density at radius 2 is 2.00 bits per heavy atom. The highest BCUT2D eigenvalue weighted by Gasteiger charge is 2.30. The smallest absolute Gasteiger partial charge is 0.259 e. The minimum absolute atomic E-state index is 0.0165. The first-order valence-corrected chi connectivity index (χ1v) is 11.5. The van der Waals surface area contributed by atoms with Gasteiger partial charge in [-0.05, 0) is 48.7 Å². The second-order valence-electron chi connectivity index (χ2n) is 9.78. The van der Waals surface area contributed by atoms with Gasteiger partial charge in [0.05, 0.1) is 18.2 Å². The zero-order valence-corrected chi connectivity index (χ0v) is 20.2. The number of hydrogen-bond donors (Lipinski definition) is 2. The molecule has 35 heavy (non-hydrogen) atoms. The van der Waals surface area contributed by atoms with Gasteiger partial charge in [-0.3, -0.25) is 9.59 Å². The van der Waals surface area contributed by atoms with E-state index in [0.717, 1.165) is 11.1 Å². The van der Waals surface area contributed by atoms with E-state index in [1.165, 1.54) is 18.5 Å². The van der Waals surface area contributed by atoms with Gasteiger partial charge in [0.15, 0.2) is 5.82 Å². The number of aliphatic hydroxyl groups is 1. The van der Waals surface area contributed by atoms with Crippen molar-refractivity contribution in [2.75, 3.05) is 18.5 Å². The number of anilines is 1. The number of aliphatic hydroxyl groups excluding tert-OH is 1. The number of aromatic nitrogens is 4. The van der Waals surface area contributed by atoms with Crippen LogP contribution < -0.4 is 5.32 Å². The van der Waals surface area contributed by atoms with E-state index in [-0.39, 0.29) is 29.9 Å². The van der Waals surface area contributed by atoms with Gasteiger partial charge in [-0.1, -0.05) is 26.8 Å². The van der Waals surface area contributed by atoms with Crippen LogP contribution in [0.3, 0.4) is 0 Å². The average molecular weight is 481 g/mol. The van der Waals surface area contributed by atoms with Gasteiger partial charge in [0, 0.05) is 18.5 Å². The molecule has 0 unspecified atom stereocenters. The predicted octanol–water partition coefficient (Wildman–Crippen LogP) is 3.22. The van der Waals surface area contributed by atoms with Gasteiger partial charge in [-0.2, -0.15) is 0 Å². The lowest BCUT2D eigenvalue weighted by molar-refractivity contribution is -0.140. The van der Waals surface area contributed by atoms with E-state index >= 15 is 0 Å². The highest BCUT2D eigenvalue weighted by atomic mass is 19.1. The van der Waals surface area contributed by atoms with E-state index in [4.69, 9.17) is 0 Å². The molecule has 2 N–H and O–H groups in total. The highest BCUT2D eigenvalue weighted by Crippen LogP contribution is 2.27. The standard InChI is InChI=1S/C25H29FN6O3/c1-15(13-33)32-14-27-30-22(32)20-6-5-7-21(28-20)29-23(34)18-10-17-12-31(24(35)25(2,3)4)9-8-16(17)11-19(18)26/h5-7,10-11,14-15,33H,8-9,12-13H2,1-4H3,(H,28,29,34)/t15-/m1/s1. The van der Waals surface area contributed by atoms with Crippen molar-refractivity contribution in [2.24, 2.45) is 5.41 Å². The first-order chi connectivity index (χ1) is 16.6. The molecule has 3 heterocycles. The number of nitrogens with zero attached hydrogens (tertiary/aromatic N) is 5. The summed E-state index contributed by atoms with van der Waals surface area (Å²) in [7, 11) is 0. The molecule has 0 saturated heterocycles. The second kappa shape index (κ2) is 9.53. The van der Waals surface area contributed by atoms with E-state index < -0.39 is 17.1 Å². The van der Waals surface area contributed by atoms with E-state index in [0.29, 0.717) is 31.0 Å². The number of halogens is 1. The molecule has 10 heteroatoms. The van der Waals surface area contributed by atoms with E-state index in [2.05, 4.69) is 20.5 Å². The van der Waals surface area contributed by atoms with Gasteiger partial charge in [-0.25, -0.2) is 9.37 Å². The van der Waals surface area contributed by atoms with E-state index in [1.807, 2.05) is 27.7 Å². The van der Waals surface area contributed by atoms with Gasteiger partial charge in [0.1, 0.15) is 23.7 Å². The van der Waals surface area contributed by atoms with Crippen molar-refractivity contribution < 1.29 is 19.1 Å². The van der Waals surface area contributed by atoms with E-state index in [9.17, 15) is 19.1 Å². The maximum Gasteiger partial charge on any atom is 0.259 e. The van der Waals surface area contributed by atoms with Crippen LogP contribution in [-0.2, 0) is 17.8 Å². The Balaban J connectivity index is 1.56. The molecular formula is C25H29FN6O3. The molecule has 2 amide bonds. The van der Waals surface area contributed by atoms with Crippen molar-refractivity contribution in [3.05, 3.63) is 59.2 Å². The van der Waals surface area contributed by atoms with Gasteiger partial charge in [-0.15, -0.1) is 10.2 Å². The Labute approximate surface area is 203 Å². The predicted molar refractivity (Wildman–Crippen MR) is 128 cm³/mol. The Kier molecular flexibility index (Phi) is 6.66. The maximum atomic E-state index is 14.9. The number of nitrogens with one attached hydrogen (secondary N) is 1. The fourth-order valence-corrected chi connectivity index (χ4v) is 4.05. The van der Waals surface area contributed by atoms with Crippen LogP contribution in [0.1, 0.15) is 55.2 Å². The second-order valence-corrected chi connectivity index (χ2v) is 9.78. The summed E-state index contributed by atoms with van der Waals surface area (Å²) in [5.41, 5.74) is 1.37. The summed E-state index contributed by atoms with van der Waals surface area (Å²) in [6.07, 6.45) is 2.03. The number of benzene rings is 1. The van der Waals surface area contributed by atoms with Gasteiger partial charge in [0.2, 0.25) is 5.91 Å². The monoisotopic (exact) mass is 480 g/mol. The van der Waals surface area contributed by atoms with E-state index in [1.54, 1.807) is 27.7 Å². The van der Waals surface area contributed by atoms with Crippen LogP contribution in [0.2, 0.25) is 0 Å². The van der Waals surface area contributed by atoms with Gasteiger partial charge >= 0.3 is 0 Å². The SMILES string of the molecule is C[C@H](CO)n1cnnc1-c1cccc(NC(=O)c2cc3c(cc2F)CCN(C(=O)C(C)(C)C)C3)n1. The van der Waals surface area contributed by atoms with Crippen molar-refractivity contribution in [1.29, 1.82) is 0 Å². The topological polar surface area (TPSA) is 113 Å². The van der Waals surface area contributed by atoms with Crippen LogP contribution in [0.25, 0.3) is 11.5 Å². The van der Waals surface area contributed by atoms with Crippen LogP contribution in [0, 0.1) is 11.2 Å². The zero-order valence-electron chi connectivity index (χ0n) is 20.2. The van der Waals surface area contributed by atoms with Crippen molar-refractivity contribution in [3.63, 3.8) is 0 Å². The molecule has 0 fully saturated rings. The molecule has 0 radical (unpaired) electrons. The fraction of sp³-hybridized carbons (Fsp3) is 0.400. The molecule has 0 bridgehead atoms. The Morgan fingerprint density at radius 3 is 2.71 bits per heavy atom. The quantitative estimate of drug-likeness (QED) is 0.580. The van der Waals surface area contributed by atoms with Gasteiger partial charge in [0.25, 0.3) is 5.91 Å². The van der Waals surface area contributed by atoms with Gasteiger partial charge < -0.3 is 19.9 Å². The summed E-state index contributed by atoms with van der Waals surface area (Å²) in [4.78, 5) is 31.9. The highest BCUT2D eigenvalue weighted by molar-refractivity contribution is 6.04. The van der Waals surface area contributed by atoms with Crippen LogP contribution >= 0.6 is 0 Å². The average Bonchev–Trinajstić information content (AvgIpc) is 3.32. The van der Waals surface area contributed by atoms with Crippen LogP contribution in [0.5, 0.6) is 0 Å². The Hall–Kier alpha value is -3.66. The number of rotatable bonds is 5. The summed E-state index contributed by atoms with van der Waals surface area (Å²) < 4.78 is 16.5. The number of hydrogen-bond acceptors (Lipinski definition) is 6. The largest absolute Gasteiger partial charge is 0.394 e. The minimum Gasteiger partial charge on any atom is -0.394 e. The molecule has 184 valence electrons. The molecular weight excluding hydrogens is 451 g/mol.